The molecule has 0 saturated carbocycles. The zero-order valence-corrected chi connectivity index (χ0v) is 12.4. The highest BCUT2D eigenvalue weighted by atomic mass is 16.5. The second-order valence-corrected chi connectivity index (χ2v) is 5.31. The van der Waals surface area contributed by atoms with Crippen molar-refractivity contribution in [1.29, 1.82) is 0 Å². The number of nitrogens with zero attached hydrogens (tertiary/aromatic N) is 1. The van der Waals surface area contributed by atoms with Crippen LogP contribution in [0.2, 0.25) is 0 Å². The van der Waals surface area contributed by atoms with Crippen LogP contribution in [0.4, 0.5) is 0 Å². The van der Waals surface area contributed by atoms with Crippen LogP contribution in [0, 0.1) is 0 Å². The number of carbonyl (C=O) groups excluding carboxylic acids is 2. The van der Waals surface area contributed by atoms with Gasteiger partial charge in [-0.15, -0.1) is 0 Å². The van der Waals surface area contributed by atoms with E-state index in [-0.39, 0.29) is 18.5 Å². The van der Waals surface area contributed by atoms with Gasteiger partial charge < -0.3 is 9.15 Å². The first-order valence-electron chi connectivity index (χ1n) is 7.25. The molecule has 2 heterocycles. The third-order valence-corrected chi connectivity index (χ3v) is 3.83. The quantitative estimate of drug-likeness (QED) is 0.547. The first kappa shape index (κ1) is 14.2. The zero-order chi connectivity index (χ0) is 16.7. The molecule has 0 atom stereocenters. The first-order chi connectivity index (χ1) is 11.6. The van der Waals surface area contributed by atoms with E-state index in [0.29, 0.717) is 22.5 Å². The highest BCUT2D eigenvalue weighted by molar-refractivity contribution is 6.21. The van der Waals surface area contributed by atoms with Gasteiger partial charge in [-0.1, -0.05) is 12.1 Å². The smallest absolute Gasteiger partial charge is 0.336 e. The molecule has 0 saturated heterocycles. The average molecular weight is 321 g/mol. The van der Waals surface area contributed by atoms with E-state index >= 15 is 0 Å². The van der Waals surface area contributed by atoms with Gasteiger partial charge in [0, 0.05) is 17.5 Å². The van der Waals surface area contributed by atoms with Gasteiger partial charge in [-0.05, 0) is 30.3 Å². The maximum Gasteiger partial charge on any atom is 0.336 e. The van der Waals surface area contributed by atoms with Crippen LogP contribution in [0.1, 0.15) is 20.7 Å². The summed E-state index contributed by atoms with van der Waals surface area (Å²) in [4.78, 5) is 36.8. The summed E-state index contributed by atoms with van der Waals surface area (Å²) in [5, 5.41) is 0.752. The summed E-state index contributed by atoms with van der Waals surface area (Å²) in [6.45, 7) is -0.213. The molecule has 0 unspecified atom stereocenters. The summed E-state index contributed by atoms with van der Waals surface area (Å²) < 4.78 is 10.6. The Balaban J connectivity index is 1.56. The summed E-state index contributed by atoms with van der Waals surface area (Å²) in [5.41, 5.74) is 0.661. The number of imide groups is 1. The molecule has 6 heteroatoms. The molecule has 3 aromatic rings. The maximum absolute atomic E-state index is 12.3. The van der Waals surface area contributed by atoms with Crippen molar-refractivity contribution in [2.24, 2.45) is 0 Å². The summed E-state index contributed by atoms with van der Waals surface area (Å²) in [5.74, 6) is -0.376. The Kier molecular flexibility index (Phi) is 3.16. The Labute approximate surface area is 135 Å². The standard InChI is InChI=1S/C18H11NO5/c20-16-8-6-11-5-7-12(9-15(11)24-16)23-10-19-17(21)13-3-1-2-4-14(13)18(19)22/h1-9H,10H2. The van der Waals surface area contributed by atoms with Crippen LogP contribution < -0.4 is 10.4 Å². The van der Waals surface area contributed by atoms with Crippen molar-refractivity contribution in [1.82, 2.24) is 4.90 Å². The number of hydrogen-bond acceptors (Lipinski definition) is 5. The Bertz CT molecular complexity index is 1000. The number of ether oxygens (including phenoxy) is 1. The summed E-state index contributed by atoms with van der Waals surface area (Å²) in [7, 11) is 0. The van der Waals surface area contributed by atoms with Crippen molar-refractivity contribution >= 4 is 22.8 Å². The van der Waals surface area contributed by atoms with Crippen LogP contribution in [-0.2, 0) is 0 Å². The van der Waals surface area contributed by atoms with E-state index in [9.17, 15) is 14.4 Å². The average Bonchev–Trinajstić information content (AvgIpc) is 2.84. The summed E-state index contributed by atoms with van der Waals surface area (Å²) in [6.07, 6.45) is 0. The molecule has 2 aromatic carbocycles. The van der Waals surface area contributed by atoms with E-state index in [1.54, 1.807) is 48.5 Å². The van der Waals surface area contributed by atoms with E-state index < -0.39 is 5.63 Å². The van der Waals surface area contributed by atoms with Gasteiger partial charge in [-0.2, -0.15) is 0 Å². The SMILES string of the molecule is O=C1c2ccccc2C(=O)N1COc1ccc2ccc(=O)oc2c1. The normalized spacial score (nSPS) is 13.4. The molecule has 0 spiro atoms. The lowest BCUT2D eigenvalue weighted by molar-refractivity contribution is 0.0522. The highest BCUT2D eigenvalue weighted by Crippen LogP contribution is 2.24. The van der Waals surface area contributed by atoms with Gasteiger partial charge in [0.15, 0.2) is 6.73 Å². The fourth-order valence-electron chi connectivity index (χ4n) is 2.63. The lowest BCUT2D eigenvalue weighted by atomic mass is 10.1. The molecule has 1 aliphatic rings. The Hall–Kier alpha value is -3.41. The molecule has 2 amide bonds. The maximum atomic E-state index is 12.3. The molecule has 0 aliphatic carbocycles. The van der Waals surface area contributed by atoms with E-state index in [1.807, 2.05) is 0 Å². The minimum absolute atomic E-state index is 0.213. The third kappa shape index (κ3) is 2.25. The van der Waals surface area contributed by atoms with Crippen LogP contribution in [0.3, 0.4) is 0 Å². The second kappa shape index (κ2) is 5.34. The van der Waals surface area contributed by atoms with Crippen LogP contribution in [0.15, 0.2) is 63.8 Å². The van der Waals surface area contributed by atoms with Crippen molar-refractivity contribution in [2.45, 2.75) is 0 Å². The molecule has 0 fully saturated rings. The molecule has 4 rings (SSSR count). The molecular formula is C18H11NO5. The van der Waals surface area contributed by atoms with Crippen LogP contribution in [0.5, 0.6) is 5.75 Å². The van der Waals surface area contributed by atoms with Crippen molar-refractivity contribution in [2.75, 3.05) is 6.73 Å². The number of amides is 2. The van der Waals surface area contributed by atoms with Gasteiger partial charge in [-0.25, -0.2) is 9.69 Å². The van der Waals surface area contributed by atoms with E-state index in [1.165, 1.54) is 6.07 Å². The summed E-state index contributed by atoms with van der Waals surface area (Å²) in [6, 6.07) is 14.6. The first-order valence-corrected chi connectivity index (χ1v) is 7.25. The molecule has 1 aromatic heterocycles. The molecule has 0 bridgehead atoms. The number of benzene rings is 2. The molecule has 1 aliphatic heterocycles. The molecule has 0 radical (unpaired) electrons. The second-order valence-electron chi connectivity index (χ2n) is 5.31. The largest absolute Gasteiger partial charge is 0.472 e. The van der Waals surface area contributed by atoms with Crippen molar-refractivity contribution < 1.29 is 18.7 Å². The molecule has 24 heavy (non-hydrogen) atoms. The topological polar surface area (TPSA) is 76.8 Å². The van der Waals surface area contributed by atoms with Crippen LogP contribution in [0.25, 0.3) is 11.0 Å². The highest BCUT2D eigenvalue weighted by Gasteiger charge is 2.35. The van der Waals surface area contributed by atoms with Gasteiger partial charge in [0.05, 0.1) is 11.1 Å². The molecule has 0 N–H and O–H groups in total. The lowest BCUT2D eigenvalue weighted by Crippen LogP contribution is -2.33. The van der Waals surface area contributed by atoms with Gasteiger partial charge >= 0.3 is 5.63 Å². The van der Waals surface area contributed by atoms with E-state index in [2.05, 4.69) is 0 Å². The fraction of sp³-hybridized carbons (Fsp3) is 0.0556. The molecule has 118 valence electrons. The minimum atomic E-state index is -0.458. The van der Waals surface area contributed by atoms with Gasteiger partial charge in [0.25, 0.3) is 11.8 Å². The summed E-state index contributed by atoms with van der Waals surface area (Å²) >= 11 is 0. The monoisotopic (exact) mass is 321 g/mol. The van der Waals surface area contributed by atoms with Crippen molar-refractivity contribution in [3.63, 3.8) is 0 Å². The number of hydrogen-bond donors (Lipinski definition) is 0. The fourth-order valence-corrected chi connectivity index (χ4v) is 2.63. The Morgan fingerprint density at radius 3 is 2.25 bits per heavy atom. The van der Waals surface area contributed by atoms with Gasteiger partial charge in [0.1, 0.15) is 11.3 Å². The Morgan fingerprint density at radius 1 is 0.875 bits per heavy atom. The van der Waals surface area contributed by atoms with E-state index in [0.717, 1.165) is 10.3 Å². The van der Waals surface area contributed by atoms with Crippen molar-refractivity contribution in [3.05, 3.63) is 76.1 Å². The van der Waals surface area contributed by atoms with Crippen molar-refractivity contribution in [3.8, 4) is 5.75 Å². The number of rotatable bonds is 3. The number of fused-ring (bicyclic) bond motifs is 2. The molecular weight excluding hydrogens is 310 g/mol. The van der Waals surface area contributed by atoms with Crippen LogP contribution >= 0.6 is 0 Å². The van der Waals surface area contributed by atoms with Gasteiger partial charge in [-0.3, -0.25) is 9.59 Å². The predicted molar refractivity (Wildman–Crippen MR) is 84.9 cm³/mol. The third-order valence-electron chi connectivity index (χ3n) is 3.83. The number of carbonyl (C=O) groups is 2. The zero-order valence-electron chi connectivity index (χ0n) is 12.4. The predicted octanol–water partition coefficient (Wildman–Crippen LogP) is 2.43. The minimum Gasteiger partial charge on any atom is -0.472 e. The lowest BCUT2D eigenvalue weighted by Gasteiger charge is -2.15. The van der Waals surface area contributed by atoms with E-state index in [4.69, 9.17) is 9.15 Å². The molecule has 6 nitrogen and oxygen atoms in total. The van der Waals surface area contributed by atoms with Gasteiger partial charge in [0.2, 0.25) is 0 Å². The van der Waals surface area contributed by atoms with Crippen LogP contribution in [-0.4, -0.2) is 23.4 Å². The Morgan fingerprint density at radius 2 is 1.54 bits per heavy atom.